The number of ether oxygens (including phenoxy) is 1. The Kier molecular flexibility index (Phi) is 6.35. The highest BCUT2D eigenvalue weighted by molar-refractivity contribution is 7.19. The van der Waals surface area contributed by atoms with Gasteiger partial charge in [-0.2, -0.15) is 0 Å². The maximum Gasteiger partial charge on any atom is 0.187 e. The standard InChI is InChI=1S/C23H26Cl2N4OS/c1-14-2-5-17-19(10-14)31-23-21(17)22(26-12-15-3-4-16(24)11-18(15)25)27-20(28-23)13-29-6-8-30-9-7-29/h3-4,11,14H,2,5-10,12-13H2,1H3,(H,26,27,28)/p+1/t14-/m1/s1. The number of nitrogens with zero attached hydrogens (tertiary/aromatic N) is 2. The molecule has 31 heavy (non-hydrogen) atoms. The summed E-state index contributed by atoms with van der Waals surface area (Å²) in [5.74, 6) is 2.57. The van der Waals surface area contributed by atoms with Crippen LogP contribution in [0, 0.1) is 5.92 Å². The smallest absolute Gasteiger partial charge is 0.187 e. The summed E-state index contributed by atoms with van der Waals surface area (Å²) >= 11 is 14.3. The fourth-order valence-corrected chi connectivity index (χ4v) is 6.37. The Morgan fingerprint density at radius 1 is 1.23 bits per heavy atom. The van der Waals surface area contributed by atoms with Crippen molar-refractivity contribution in [1.82, 2.24) is 9.97 Å². The third-order valence-electron chi connectivity index (χ3n) is 6.27. The van der Waals surface area contributed by atoms with Crippen molar-refractivity contribution in [1.29, 1.82) is 0 Å². The maximum absolute atomic E-state index is 6.41. The van der Waals surface area contributed by atoms with E-state index in [2.05, 4.69) is 12.2 Å². The fourth-order valence-electron chi connectivity index (χ4n) is 4.50. The maximum atomic E-state index is 6.41. The van der Waals surface area contributed by atoms with Gasteiger partial charge in [0.1, 0.15) is 30.3 Å². The number of quaternary nitrogens is 1. The van der Waals surface area contributed by atoms with Gasteiger partial charge < -0.3 is 15.0 Å². The summed E-state index contributed by atoms with van der Waals surface area (Å²) in [6.07, 6.45) is 3.47. The molecule has 1 aliphatic carbocycles. The van der Waals surface area contributed by atoms with Crippen LogP contribution in [0.2, 0.25) is 10.0 Å². The Morgan fingerprint density at radius 3 is 2.87 bits per heavy atom. The van der Waals surface area contributed by atoms with Crippen molar-refractivity contribution in [2.45, 2.75) is 39.3 Å². The van der Waals surface area contributed by atoms with Gasteiger partial charge in [0.2, 0.25) is 0 Å². The summed E-state index contributed by atoms with van der Waals surface area (Å²) in [4.78, 5) is 14.1. The Balaban J connectivity index is 1.49. The summed E-state index contributed by atoms with van der Waals surface area (Å²) in [5, 5.41) is 6.11. The monoisotopic (exact) mass is 477 g/mol. The highest BCUT2D eigenvalue weighted by Gasteiger charge is 2.25. The fraction of sp³-hybridized carbons (Fsp3) is 0.478. The van der Waals surface area contributed by atoms with E-state index in [0.717, 1.165) is 73.6 Å². The van der Waals surface area contributed by atoms with Gasteiger partial charge in [0, 0.05) is 21.5 Å². The van der Waals surface area contributed by atoms with Crippen LogP contribution in [0.15, 0.2) is 18.2 Å². The molecule has 0 amide bonds. The van der Waals surface area contributed by atoms with Gasteiger partial charge in [0.15, 0.2) is 5.82 Å². The summed E-state index contributed by atoms with van der Waals surface area (Å²) in [7, 11) is 0. The number of hydrogen-bond acceptors (Lipinski definition) is 5. The highest BCUT2D eigenvalue weighted by Crippen LogP contribution is 2.40. The molecule has 0 spiro atoms. The van der Waals surface area contributed by atoms with E-state index in [1.807, 2.05) is 23.5 Å². The van der Waals surface area contributed by atoms with Crippen molar-refractivity contribution in [3.8, 4) is 0 Å². The van der Waals surface area contributed by atoms with Crippen molar-refractivity contribution < 1.29 is 9.64 Å². The lowest BCUT2D eigenvalue weighted by Crippen LogP contribution is -3.12. The third-order valence-corrected chi connectivity index (χ3v) is 8.01. The minimum absolute atomic E-state index is 0.604. The van der Waals surface area contributed by atoms with Crippen LogP contribution in [-0.4, -0.2) is 36.3 Å². The van der Waals surface area contributed by atoms with Crippen LogP contribution in [0.1, 0.15) is 35.2 Å². The van der Waals surface area contributed by atoms with Gasteiger partial charge in [0.25, 0.3) is 0 Å². The number of benzene rings is 1. The molecule has 8 heteroatoms. The molecule has 1 saturated heterocycles. The van der Waals surface area contributed by atoms with Crippen LogP contribution in [0.25, 0.3) is 10.2 Å². The molecule has 3 heterocycles. The quantitative estimate of drug-likeness (QED) is 0.579. The topological polar surface area (TPSA) is 51.5 Å². The number of thiophene rings is 1. The average Bonchev–Trinajstić information content (AvgIpc) is 3.11. The predicted molar refractivity (Wildman–Crippen MR) is 128 cm³/mol. The number of hydrogen-bond donors (Lipinski definition) is 2. The first kappa shape index (κ1) is 21.4. The third kappa shape index (κ3) is 4.69. The normalized spacial score (nSPS) is 19.5. The number of fused-ring (bicyclic) bond motifs is 3. The van der Waals surface area contributed by atoms with Gasteiger partial charge in [-0.15, -0.1) is 11.3 Å². The molecule has 2 N–H and O–H groups in total. The van der Waals surface area contributed by atoms with E-state index in [1.165, 1.54) is 27.1 Å². The zero-order chi connectivity index (χ0) is 21.4. The van der Waals surface area contributed by atoms with Crippen LogP contribution in [0.5, 0.6) is 0 Å². The molecular formula is C23H27Cl2N4OS+. The van der Waals surface area contributed by atoms with Crippen LogP contribution >= 0.6 is 34.5 Å². The molecule has 2 aromatic heterocycles. The minimum Gasteiger partial charge on any atom is -0.370 e. The zero-order valence-electron chi connectivity index (χ0n) is 17.6. The second-order valence-corrected chi connectivity index (χ2v) is 10.6. The number of rotatable bonds is 5. The molecule has 1 atom stereocenters. The summed E-state index contributed by atoms with van der Waals surface area (Å²) in [6, 6.07) is 5.64. The Hall–Kier alpha value is -1.44. The van der Waals surface area contributed by atoms with Crippen LogP contribution in [0.3, 0.4) is 0 Å². The summed E-state index contributed by atoms with van der Waals surface area (Å²) < 4.78 is 5.51. The van der Waals surface area contributed by atoms with Gasteiger partial charge >= 0.3 is 0 Å². The van der Waals surface area contributed by atoms with E-state index < -0.39 is 0 Å². The van der Waals surface area contributed by atoms with E-state index in [9.17, 15) is 0 Å². The Bertz CT molecular complexity index is 1100. The highest BCUT2D eigenvalue weighted by atomic mass is 35.5. The molecular weight excluding hydrogens is 451 g/mol. The molecule has 164 valence electrons. The predicted octanol–water partition coefficient (Wildman–Crippen LogP) is 4.15. The van der Waals surface area contributed by atoms with Gasteiger partial charge in [-0.3, -0.25) is 0 Å². The van der Waals surface area contributed by atoms with Crippen molar-refractivity contribution >= 4 is 50.6 Å². The van der Waals surface area contributed by atoms with Crippen LogP contribution in [-0.2, 0) is 30.7 Å². The first-order valence-electron chi connectivity index (χ1n) is 11.0. The number of morpholine rings is 1. The number of anilines is 1. The lowest BCUT2D eigenvalue weighted by atomic mass is 9.89. The van der Waals surface area contributed by atoms with E-state index in [4.69, 9.17) is 37.9 Å². The molecule has 5 nitrogen and oxygen atoms in total. The first-order chi connectivity index (χ1) is 15.1. The van der Waals surface area contributed by atoms with E-state index in [0.29, 0.717) is 16.6 Å². The molecule has 1 fully saturated rings. The molecule has 2 aliphatic rings. The molecule has 0 bridgehead atoms. The summed E-state index contributed by atoms with van der Waals surface area (Å²) in [6.45, 7) is 7.40. The van der Waals surface area contributed by atoms with Crippen molar-refractivity contribution in [2.24, 2.45) is 5.92 Å². The largest absolute Gasteiger partial charge is 0.370 e. The van der Waals surface area contributed by atoms with E-state index in [-0.39, 0.29) is 0 Å². The van der Waals surface area contributed by atoms with Gasteiger partial charge in [0.05, 0.1) is 18.6 Å². The van der Waals surface area contributed by atoms with Gasteiger partial charge in [-0.1, -0.05) is 36.2 Å². The molecule has 1 aliphatic heterocycles. The van der Waals surface area contributed by atoms with Gasteiger partial charge in [-0.05, 0) is 48.4 Å². The lowest BCUT2D eigenvalue weighted by Gasteiger charge is -2.23. The van der Waals surface area contributed by atoms with Crippen molar-refractivity contribution in [3.05, 3.63) is 50.1 Å². The average molecular weight is 478 g/mol. The number of aromatic nitrogens is 2. The number of aryl methyl sites for hydroxylation is 1. The Morgan fingerprint density at radius 2 is 2.06 bits per heavy atom. The van der Waals surface area contributed by atoms with Crippen LogP contribution < -0.4 is 10.2 Å². The zero-order valence-corrected chi connectivity index (χ0v) is 20.0. The molecule has 0 saturated carbocycles. The van der Waals surface area contributed by atoms with E-state index in [1.54, 1.807) is 6.07 Å². The summed E-state index contributed by atoms with van der Waals surface area (Å²) in [5.41, 5.74) is 2.45. The first-order valence-corrected chi connectivity index (χ1v) is 12.5. The molecule has 3 aromatic rings. The molecule has 1 aromatic carbocycles. The second kappa shape index (κ2) is 9.20. The second-order valence-electron chi connectivity index (χ2n) is 8.65. The Labute approximate surface area is 196 Å². The lowest BCUT2D eigenvalue weighted by molar-refractivity contribution is -0.922. The van der Waals surface area contributed by atoms with E-state index >= 15 is 0 Å². The van der Waals surface area contributed by atoms with Crippen molar-refractivity contribution in [3.63, 3.8) is 0 Å². The van der Waals surface area contributed by atoms with Crippen molar-refractivity contribution in [2.75, 3.05) is 31.6 Å². The minimum atomic E-state index is 0.604. The molecule has 0 unspecified atom stereocenters. The molecule has 0 radical (unpaired) electrons. The van der Waals surface area contributed by atoms with Crippen LogP contribution in [0.4, 0.5) is 5.82 Å². The molecule has 5 rings (SSSR count). The van der Waals surface area contributed by atoms with Gasteiger partial charge in [-0.25, -0.2) is 9.97 Å². The number of halogens is 2. The SMILES string of the molecule is C[C@@H]1CCc2c(sc3nc(C[NH+]4CCOCC4)nc(NCc4ccc(Cl)cc4Cl)c23)C1. The number of nitrogens with one attached hydrogen (secondary N) is 2.